The zero-order valence-electron chi connectivity index (χ0n) is 14.6. The molecule has 2 unspecified atom stereocenters. The number of aryl methyl sites for hydroxylation is 1. The van der Waals surface area contributed by atoms with E-state index in [4.69, 9.17) is 0 Å². The number of fused-ring (bicyclic) bond motifs is 1. The van der Waals surface area contributed by atoms with Gasteiger partial charge >= 0.3 is 6.18 Å². The molecule has 8 heteroatoms. The third-order valence-corrected chi connectivity index (χ3v) is 7.39. The van der Waals surface area contributed by atoms with E-state index in [-0.39, 0.29) is 6.04 Å². The first-order valence-electron chi connectivity index (χ1n) is 9.17. The lowest BCUT2D eigenvalue weighted by Crippen LogP contribution is -2.49. The van der Waals surface area contributed by atoms with Crippen molar-refractivity contribution in [2.24, 2.45) is 17.8 Å². The van der Waals surface area contributed by atoms with Crippen molar-refractivity contribution in [2.45, 2.75) is 63.3 Å². The molecule has 0 radical (unpaired) electrons. The summed E-state index contributed by atoms with van der Waals surface area (Å²) in [6, 6.07) is 0.0225. The van der Waals surface area contributed by atoms with Crippen LogP contribution in [-0.4, -0.2) is 39.7 Å². The van der Waals surface area contributed by atoms with Gasteiger partial charge in [-0.05, 0) is 56.8 Å². The van der Waals surface area contributed by atoms with Crippen molar-refractivity contribution < 1.29 is 23.1 Å². The molecule has 2 saturated carbocycles. The molecule has 4 aliphatic rings. The predicted molar refractivity (Wildman–Crippen MR) is 90.5 cm³/mol. The lowest BCUT2D eigenvalue weighted by molar-refractivity contribution is -0.268. The van der Waals surface area contributed by atoms with E-state index >= 15 is 0 Å². The minimum atomic E-state index is -4.95. The van der Waals surface area contributed by atoms with Crippen LogP contribution in [0.4, 0.5) is 13.2 Å². The van der Waals surface area contributed by atoms with Crippen molar-refractivity contribution in [1.29, 1.82) is 0 Å². The largest absolute Gasteiger partial charge is 0.424 e. The van der Waals surface area contributed by atoms with E-state index in [1.807, 2.05) is 0 Å². The van der Waals surface area contributed by atoms with E-state index in [0.29, 0.717) is 30.0 Å². The fourth-order valence-electron chi connectivity index (χ4n) is 5.25. The summed E-state index contributed by atoms with van der Waals surface area (Å²) in [7, 11) is 0. The van der Waals surface area contributed by atoms with Gasteiger partial charge in [0.25, 0.3) is 0 Å². The second-order valence-corrected chi connectivity index (χ2v) is 9.16. The summed E-state index contributed by atoms with van der Waals surface area (Å²) in [5.74, 6) is 0.976. The molecule has 1 N–H and O–H groups in total. The first-order chi connectivity index (χ1) is 12.2. The molecular weight excluding hydrogens is 365 g/mol. The maximum Gasteiger partial charge on any atom is 0.424 e. The Balaban J connectivity index is 1.59. The molecule has 2 aliphatic carbocycles. The zero-order chi connectivity index (χ0) is 18.7. The van der Waals surface area contributed by atoms with Crippen LogP contribution in [0.15, 0.2) is 5.38 Å². The second-order valence-electron chi connectivity index (χ2n) is 8.31. The molecule has 1 aromatic rings. The summed E-state index contributed by atoms with van der Waals surface area (Å²) in [5.41, 5.74) is -2.81. The van der Waals surface area contributed by atoms with Crippen LogP contribution in [0.5, 0.6) is 0 Å². The quantitative estimate of drug-likeness (QED) is 0.860. The van der Waals surface area contributed by atoms with Crippen LogP contribution in [0.25, 0.3) is 0 Å². The van der Waals surface area contributed by atoms with Crippen molar-refractivity contribution in [3.05, 3.63) is 16.1 Å². The number of carbonyl (C=O) groups is 1. The topological polar surface area (TPSA) is 53.4 Å². The number of amides is 1. The Morgan fingerprint density at radius 2 is 1.85 bits per heavy atom. The Morgan fingerprint density at radius 3 is 2.38 bits per heavy atom. The molecule has 144 valence electrons. The molecule has 3 heterocycles. The maximum atomic E-state index is 13.7. The van der Waals surface area contributed by atoms with Gasteiger partial charge in [-0.25, -0.2) is 4.98 Å². The van der Waals surface area contributed by atoms with Gasteiger partial charge in [0.05, 0.1) is 6.42 Å². The molecule has 4 fully saturated rings. The Kier molecular flexibility index (Phi) is 4.34. The highest BCUT2D eigenvalue weighted by Gasteiger charge is 2.59. The molecule has 26 heavy (non-hydrogen) atoms. The summed E-state index contributed by atoms with van der Waals surface area (Å²) >= 11 is 0.751. The SMILES string of the molecule is Cc1csc([C@](O)(CC(=O)N2CC3C[C@@H]4CC2C[C@H](C3)C4)C(F)(F)F)n1. The smallest absolute Gasteiger partial charge is 0.374 e. The van der Waals surface area contributed by atoms with Crippen LogP contribution < -0.4 is 0 Å². The van der Waals surface area contributed by atoms with Crippen LogP contribution in [-0.2, 0) is 10.4 Å². The van der Waals surface area contributed by atoms with Crippen LogP contribution in [0, 0.1) is 24.7 Å². The normalized spacial score (nSPS) is 33.2. The van der Waals surface area contributed by atoms with Gasteiger partial charge in [0.2, 0.25) is 11.5 Å². The third kappa shape index (κ3) is 3.05. The number of hydrogen-bond donors (Lipinski definition) is 1. The van der Waals surface area contributed by atoms with Crippen molar-refractivity contribution >= 4 is 17.2 Å². The highest BCUT2D eigenvalue weighted by Crippen LogP contribution is 2.49. The fraction of sp³-hybridized carbons (Fsp3) is 0.778. The minimum Gasteiger partial charge on any atom is -0.374 e. The average Bonchev–Trinajstić information content (AvgIpc) is 2.87. The fourth-order valence-corrected chi connectivity index (χ4v) is 6.17. The molecular formula is C18H23F3N2O2S. The summed E-state index contributed by atoms with van der Waals surface area (Å²) in [4.78, 5) is 18.4. The maximum absolute atomic E-state index is 13.7. The van der Waals surface area contributed by atoms with Crippen molar-refractivity contribution in [2.75, 3.05) is 6.54 Å². The number of alkyl halides is 3. The summed E-state index contributed by atoms with van der Waals surface area (Å²) < 4.78 is 41.1. The Hall–Kier alpha value is -1.15. The van der Waals surface area contributed by atoms with Gasteiger partial charge in [-0.2, -0.15) is 13.2 Å². The van der Waals surface area contributed by atoms with Gasteiger partial charge in [-0.1, -0.05) is 0 Å². The highest BCUT2D eigenvalue weighted by atomic mass is 32.1. The number of rotatable bonds is 3. The van der Waals surface area contributed by atoms with Gasteiger partial charge in [0.1, 0.15) is 5.01 Å². The monoisotopic (exact) mass is 388 g/mol. The van der Waals surface area contributed by atoms with Crippen LogP contribution in [0.2, 0.25) is 0 Å². The summed E-state index contributed by atoms with van der Waals surface area (Å²) in [5, 5.41) is 11.5. The van der Waals surface area contributed by atoms with Gasteiger partial charge in [-0.15, -0.1) is 11.3 Å². The second kappa shape index (κ2) is 6.19. The number of aromatic nitrogens is 1. The molecule has 5 rings (SSSR count). The van der Waals surface area contributed by atoms with E-state index in [2.05, 4.69) is 4.98 Å². The number of aliphatic hydroxyl groups is 1. The molecule has 4 nitrogen and oxygen atoms in total. The number of halogens is 3. The first kappa shape index (κ1) is 18.2. The van der Waals surface area contributed by atoms with Gasteiger partial charge in [0, 0.05) is 23.7 Å². The predicted octanol–water partition coefficient (Wildman–Crippen LogP) is 3.63. The molecule has 1 amide bonds. The number of carbonyl (C=O) groups excluding carboxylic acids is 1. The number of nitrogens with zero attached hydrogens (tertiary/aromatic N) is 2. The molecule has 2 aliphatic heterocycles. The van der Waals surface area contributed by atoms with E-state index in [9.17, 15) is 23.1 Å². The van der Waals surface area contributed by atoms with Crippen molar-refractivity contribution in [3.63, 3.8) is 0 Å². The van der Waals surface area contributed by atoms with Crippen LogP contribution in [0.3, 0.4) is 0 Å². The molecule has 0 spiro atoms. The zero-order valence-corrected chi connectivity index (χ0v) is 15.4. The van der Waals surface area contributed by atoms with Gasteiger partial charge in [0.15, 0.2) is 0 Å². The third-order valence-electron chi connectivity index (χ3n) is 6.28. The van der Waals surface area contributed by atoms with E-state index < -0.39 is 29.1 Å². The molecule has 0 aromatic carbocycles. The van der Waals surface area contributed by atoms with Crippen molar-refractivity contribution in [3.8, 4) is 0 Å². The first-order valence-corrected chi connectivity index (χ1v) is 10.0. The van der Waals surface area contributed by atoms with Gasteiger partial charge in [-0.3, -0.25) is 4.79 Å². The van der Waals surface area contributed by atoms with E-state index in [1.165, 1.54) is 11.8 Å². The summed E-state index contributed by atoms with van der Waals surface area (Å²) in [6.45, 7) is 2.10. The molecule has 1 aromatic heterocycles. The highest BCUT2D eigenvalue weighted by molar-refractivity contribution is 7.09. The molecule has 2 saturated heterocycles. The lowest BCUT2D eigenvalue weighted by Gasteiger charge is -2.39. The van der Waals surface area contributed by atoms with E-state index in [1.54, 1.807) is 11.8 Å². The van der Waals surface area contributed by atoms with Crippen molar-refractivity contribution in [1.82, 2.24) is 9.88 Å². The minimum absolute atomic E-state index is 0.0225. The average molecular weight is 388 g/mol. The number of thiazole rings is 1. The lowest BCUT2D eigenvalue weighted by atomic mass is 9.68. The Bertz CT molecular complexity index is 693. The van der Waals surface area contributed by atoms with Crippen LogP contribution in [0.1, 0.15) is 49.2 Å². The molecule has 4 bridgehead atoms. The Morgan fingerprint density at radius 1 is 1.23 bits per heavy atom. The molecule has 5 atom stereocenters. The number of hydrogen-bond acceptors (Lipinski definition) is 4. The van der Waals surface area contributed by atoms with Crippen LogP contribution >= 0.6 is 11.3 Å². The summed E-state index contributed by atoms with van der Waals surface area (Å²) in [6.07, 6.45) is -0.810. The van der Waals surface area contributed by atoms with E-state index in [0.717, 1.165) is 37.0 Å². The Labute approximate surface area is 154 Å². The van der Waals surface area contributed by atoms with Gasteiger partial charge < -0.3 is 10.0 Å². The standard InChI is InChI=1S/C18H23F3N2O2S/c1-10-9-26-16(22-10)17(25,18(19,20)21)7-15(24)23-8-13-3-11-2-12(4-13)6-14(23)5-11/h9,11-14,25H,2-8H2,1H3/t11-,12+,13?,14?,17-/m1/s1.